The Morgan fingerprint density at radius 2 is 0.964 bits per heavy atom. The average Bonchev–Trinajstić information content (AvgIpc) is 2.64. The Bertz CT molecular complexity index is 998. The molecule has 0 radical (unpaired) electrons. The molecule has 28 heavy (non-hydrogen) atoms. The zero-order chi connectivity index (χ0) is 20.6. The minimum Gasteiger partial charge on any atom is -0.200 e. The lowest BCUT2D eigenvalue weighted by atomic mass is 10.2. The number of nitrogens with one attached hydrogen (secondary N) is 2. The van der Waals surface area contributed by atoms with Gasteiger partial charge in [-0.15, -0.1) is 0 Å². The van der Waals surface area contributed by atoms with Gasteiger partial charge in [0.05, 0.1) is 9.79 Å². The van der Waals surface area contributed by atoms with E-state index in [4.69, 9.17) is 0 Å². The van der Waals surface area contributed by atoms with Gasteiger partial charge in [0.1, 0.15) is 0 Å². The van der Waals surface area contributed by atoms with Crippen LogP contribution in [0.25, 0.3) is 0 Å². The van der Waals surface area contributed by atoms with Crippen molar-refractivity contribution in [1.29, 1.82) is 0 Å². The molecule has 10 heteroatoms. The maximum absolute atomic E-state index is 12.0. The van der Waals surface area contributed by atoms with E-state index in [2.05, 4.69) is 19.9 Å². The molecule has 0 aliphatic heterocycles. The quantitative estimate of drug-likeness (QED) is 0.502. The molecule has 2 aromatic carbocycles. The largest absolute Gasteiger partial charge is 0.276 e. The monoisotopic (exact) mass is 420 g/mol. The summed E-state index contributed by atoms with van der Waals surface area (Å²) < 4.78 is 48.0. The van der Waals surface area contributed by atoms with Crippen LogP contribution in [0.15, 0.2) is 80.7 Å². The van der Waals surface area contributed by atoms with Gasteiger partial charge in [-0.05, 0) is 50.3 Å². The van der Waals surface area contributed by atoms with E-state index in [1.165, 1.54) is 48.8 Å². The zero-order valence-electron chi connectivity index (χ0n) is 15.3. The SMILES string of the molecule is Cc1ccc(S(=O)(=O)N/N=C/C=C/C=N/NS(=O)(=O)c2ccc(C)cc2)cc1. The van der Waals surface area contributed by atoms with Gasteiger partial charge >= 0.3 is 0 Å². The topological polar surface area (TPSA) is 117 Å². The highest BCUT2D eigenvalue weighted by molar-refractivity contribution is 7.89. The molecular weight excluding hydrogens is 400 g/mol. The van der Waals surface area contributed by atoms with Crippen LogP contribution in [-0.2, 0) is 20.0 Å². The van der Waals surface area contributed by atoms with E-state index in [0.717, 1.165) is 11.1 Å². The zero-order valence-corrected chi connectivity index (χ0v) is 16.9. The van der Waals surface area contributed by atoms with Crippen LogP contribution in [0.1, 0.15) is 11.1 Å². The Labute approximate surface area is 164 Å². The number of hydrogen-bond donors (Lipinski definition) is 2. The number of nitrogens with zero attached hydrogens (tertiary/aromatic N) is 2. The van der Waals surface area contributed by atoms with Crippen LogP contribution in [0.4, 0.5) is 0 Å². The summed E-state index contributed by atoms with van der Waals surface area (Å²) in [7, 11) is -7.47. The number of hydrazone groups is 2. The standard InChI is InChI=1S/C18H20N4O4S2/c1-15-5-9-17(10-6-15)27(23,24)21-19-13-3-4-14-20-22-28(25,26)18-11-7-16(2)8-12-18/h3-14,21-22H,1-2H3/b4-3+,19-13+,20-14+. The van der Waals surface area contributed by atoms with Crippen LogP contribution < -0.4 is 9.66 Å². The van der Waals surface area contributed by atoms with Gasteiger partial charge in [0.15, 0.2) is 0 Å². The minimum absolute atomic E-state index is 0.103. The normalized spacial score (nSPS) is 12.8. The van der Waals surface area contributed by atoms with E-state index in [9.17, 15) is 16.8 Å². The van der Waals surface area contributed by atoms with E-state index in [1.807, 2.05) is 13.8 Å². The van der Waals surface area contributed by atoms with Crippen LogP contribution in [-0.4, -0.2) is 29.3 Å². The van der Waals surface area contributed by atoms with Gasteiger partial charge in [0, 0.05) is 12.4 Å². The molecule has 0 aliphatic rings. The number of rotatable bonds is 8. The number of benzene rings is 2. The summed E-state index contributed by atoms with van der Waals surface area (Å²) in [6, 6.07) is 12.7. The Hall–Kier alpha value is -2.98. The molecule has 0 unspecified atom stereocenters. The molecule has 0 aliphatic carbocycles. The lowest BCUT2D eigenvalue weighted by molar-refractivity contribution is 0.583. The molecular formula is C18H20N4O4S2. The smallest absolute Gasteiger partial charge is 0.200 e. The molecule has 148 valence electrons. The van der Waals surface area contributed by atoms with Crippen molar-refractivity contribution in [3.05, 3.63) is 71.8 Å². The van der Waals surface area contributed by atoms with Gasteiger partial charge in [-0.3, -0.25) is 0 Å². The van der Waals surface area contributed by atoms with Gasteiger partial charge in [-0.1, -0.05) is 35.4 Å². The summed E-state index contributed by atoms with van der Waals surface area (Å²) in [6.45, 7) is 3.71. The lowest BCUT2D eigenvalue weighted by Gasteiger charge is -2.03. The summed E-state index contributed by atoms with van der Waals surface area (Å²) in [5, 5.41) is 7.19. The first kappa shape index (κ1) is 21.3. The first-order chi connectivity index (χ1) is 13.2. The Kier molecular flexibility index (Phi) is 7.07. The van der Waals surface area contributed by atoms with E-state index in [0.29, 0.717) is 0 Å². The summed E-state index contributed by atoms with van der Waals surface area (Å²) >= 11 is 0. The molecule has 0 aromatic heterocycles. The van der Waals surface area contributed by atoms with Gasteiger partial charge in [0.2, 0.25) is 0 Å². The third kappa shape index (κ3) is 6.32. The third-order valence-electron chi connectivity index (χ3n) is 3.44. The summed E-state index contributed by atoms with van der Waals surface area (Å²) in [4.78, 5) is 4.35. The van der Waals surface area contributed by atoms with Crippen molar-refractivity contribution < 1.29 is 16.8 Å². The van der Waals surface area contributed by atoms with Crippen LogP contribution in [0.3, 0.4) is 0 Å². The molecule has 8 nitrogen and oxygen atoms in total. The number of allylic oxidation sites excluding steroid dienone is 2. The van der Waals surface area contributed by atoms with Gasteiger partial charge in [0.25, 0.3) is 20.0 Å². The molecule has 0 amide bonds. The van der Waals surface area contributed by atoms with Gasteiger partial charge < -0.3 is 0 Å². The fourth-order valence-corrected chi connectivity index (χ4v) is 3.52. The Morgan fingerprint density at radius 1 is 0.643 bits per heavy atom. The van der Waals surface area contributed by atoms with Crippen molar-refractivity contribution in [2.45, 2.75) is 23.6 Å². The molecule has 0 bridgehead atoms. The van der Waals surface area contributed by atoms with Gasteiger partial charge in [-0.2, -0.15) is 27.0 Å². The van der Waals surface area contributed by atoms with Crippen LogP contribution >= 0.6 is 0 Å². The fraction of sp³-hybridized carbons (Fsp3) is 0.111. The number of hydrogen-bond acceptors (Lipinski definition) is 6. The maximum Gasteiger partial charge on any atom is 0.276 e. The van der Waals surface area contributed by atoms with Crippen molar-refractivity contribution >= 4 is 32.5 Å². The second-order valence-corrected chi connectivity index (χ2v) is 9.08. The molecule has 0 heterocycles. The highest BCUT2D eigenvalue weighted by atomic mass is 32.2. The van der Waals surface area contributed by atoms with Crippen molar-refractivity contribution in [2.75, 3.05) is 0 Å². The molecule has 0 atom stereocenters. The van der Waals surface area contributed by atoms with E-state index >= 15 is 0 Å². The lowest BCUT2D eigenvalue weighted by Crippen LogP contribution is -2.18. The molecule has 0 saturated heterocycles. The van der Waals surface area contributed by atoms with Crippen LogP contribution in [0, 0.1) is 13.8 Å². The summed E-state index contributed by atoms with van der Waals surface area (Å²) in [6.07, 6.45) is 5.18. The van der Waals surface area contributed by atoms with Crippen molar-refractivity contribution in [3.8, 4) is 0 Å². The summed E-state index contributed by atoms with van der Waals surface area (Å²) in [5.41, 5.74) is 1.89. The maximum atomic E-state index is 12.0. The molecule has 0 saturated carbocycles. The van der Waals surface area contributed by atoms with Crippen LogP contribution in [0.2, 0.25) is 0 Å². The fourth-order valence-electron chi connectivity index (χ4n) is 1.93. The van der Waals surface area contributed by atoms with Crippen molar-refractivity contribution in [3.63, 3.8) is 0 Å². The average molecular weight is 421 g/mol. The predicted octanol–water partition coefficient (Wildman–Crippen LogP) is 2.09. The van der Waals surface area contributed by atoms with Crippen LogP contribution in [0.5, 0.6) is 0 Å². The molecule has 2 aromatic rings. The molecule has 0 fully saturated rings. The Balaban J connectivity index is 1.85. The third-order valence-corrected chi connectivity index (χ3v) is 5.92. The van der Waals surface area contributed by atoms with E-state index in [-0.39, 0.29) is 9.79 Å². The van der Waals surface area contributed by atoms with Crippen molar-refractivity contribution in [1.82, 2.24) is 9.66 Å². The first-order valence-electron chi connectivity index (χ1n) is 8.09. The van der Waals surface area contributed by atoms with E-state index in [1.54, 1.807) is 24.3 Å². The van der Waals surface area contributed by atoms with E-state index < -0.39 is 20.0 Å². The van der Waals surface area contributed by atoms with Gasteiger partial charge in [-0.25, -0.2) is 9.66 Å². The second-order valence-electron chi connectivity index (χ2n) is 5.76. The summed E-state index contributed by atoms with van der Waals surface area (Å²) in [5.74, 6) is 0. The molecule has 2 rings (SSSR count). The number of sulfonamides is 2. The number of aryl methyl sites for hydroxylation is 2. The highest BCUT2D eigenvalue weighted by Crippen LogP contribution is 2.10. The first-order valence-corrected chi connectivity index (χ1v) is 11.1. The second kappa shape index (κ2) is 9.29. The molecule has 0 spiro atoms. The highest BCUT2D eigenvalue weighted by Gasteiger charge is 2.12. The minimum atomic E-state index is -3.73. The molecule has 2 N–H and O–H groups in total. The predicted molar refractivity (Wildman–Crippen MR) is 109 cm³/mol. The Morgan fingerprint density at radius 3 is 1.29 bits per heavy atom. The van der Waals surface area contributed by atoms with Crippen molar-refractivity contribution in [2.24, 2.45) is 10.2 Å².